The van der Waals surface area contributed by atoms with E-state index in [0.717, 1.165) is 12.5 Å². The molecule has 0 bridgehead atoms. The van der Waals surface area contributed by atoms with Crippen LogP contribution in [-0.4, -0.2) is 41.4 Å². The van der Waals surface area contributed by atoms with Gasteiger partial charge in [0.25, 0.3) is 0 Å². The Balaban J connectivity index is 1.94. The van der Waals surface area contributed by atoms with Crippen LogP contribution in [0.4, 0.5) is 0 Å². The van der Waals surface area contributed by atoms with Gasteiger partial charge < -0.3 is 5.32 Å². The molecule has 1 aliphatic heterocycles. The summed E-state index contributed by atoms with van der Waals surface area (Å²) in [6, 6.07) is 0.496. The average Bonchev–Trinajstić information content (AvgIpc) is 2.87. The highest BCUT2D eigenvalue weighted by Crippen LogP contribution is 2.26. The first-order valence-electron chi connectivity index (χ1n) is 6.08. The third kappa shape index (κ3) is 2.44. The first kappa shape index (κ1) is 11.6. The fraction of sp³-hybridized carbons (Fsp3) is 0.750. The highest BCUT2D eigenvalue weighted by molar-refractivity contribution is 5.10. The summed E-state index contributed by atoms with van der Waals surface area (Å²) >= 11 is 0. The van der Waals surface area contributed by atoms with Gasteiger partial charge in [-0.1, -0.05) is 0 Å². The predicted molar refractivity (Wildman–Crippen MR) is 65.2 cm³/mol. The molecule has 1 fully saturated rings. The van der Waals surface area contributed by atoms with Crippen LogP contribution in [0.1, 0.15) is 24.9 Å². The van der Waals surface area contributed by atoms with Crippen molar-refractivity contribution >= 4 is 0 Å². The number of likely N-dealkylation sites (tertiary alicyclic amines) is 1. The van der Waals surface area contributed by atoms with Crippen LogP contribution in [0, 0.1) is 5.92 Å². The molecular formula is C12H22N4. The van der Waals surface area contributed by atoms with Crippen molar-refractivity contribution in [2.75, 3.05) is 26.7 Å². The molecule has 1 aromatic heterocycles. The number of hydrogen-bond acceptors (Lipinski definition) is 3. The summed E-state index contributed by atoms with van der Waals surface area (Å²) in [5, 5.41) is 7.51. The van der Waals surface area contributed by atoms with E-state index in [2.05, 4.69) is 28.4 Å². The first-order valence-corrected chi connectivity index (χ1v) is 6.08. The maximum atomic E-state index is 4.24. The Morgan fingerprint density at radius 2 is 2.44 bits per heavy atom. The molecular weight excluding hydrogens is 200 g/mol. The van der Waals surface area contributed by atoms with Crippen LogP contribution in [0.15, 0.2) is 12.4 Å². The van der Waals surface area contributed by atoms with Gasteiger partial charge >= 0.3 is 0 Å². The molecule has 2 rings (SSSR count). The lowest BCUT2D eigenvalue weighted by Crippen LogP contribution is -2.26. The zero-order valence-electron chi connectivity index (χ0n) is 10.5. The Morgan fingerprint density at radius 1 is 1.62 bits per heavy atom. The zero-order valence-corrected chi connectivity index (χ0v) is 10.5. The largest absolute Gasteiger partial charge is 0.319 e. The molecule has 0 aliphatic carbocycles. The van der Waals surface area contributed by atoms with E-state index >= 15 is 0 Å². The van der Waals surface area contributed by atoms with Gasteiger partial charge in [-0.05, 0) is 39.4 Å². The van der Waals surface area contributed by atoms with Gasteiger partial charge in [0, 0.05) is 31.4 Å². The second kappa shape index (κ2) is 4.97. The standard InChI is InChI=1S/C12H22N4/c1-10(12-7-14-15(3)9-12)16-5-4-11(8-16)6-13-2/h7,9-11,13H,4-6,8H2,1-3H3. The van der Waals surface area contributed by atoms with E-state index in [1.807, 2.05) is 25.0 Å². The monoisotopic (exact) mass is 222 g/mol. The second-order valence-electron chi connectivity index (χ2n) is 4.83. The quantitative estimate of drug-likeness (QED) is 0.826. The number of nitrogens with zero attached hydrogens (tertiary/aromatic N) is 3. The summed E-state index contributed by atoms with van der Waals surface area (Å²) in [5.74, 6) is 0.809. The first-order chi connectivity index (χ1) is 7.70. The van der Waals surface area contributed by atoms with Crippen LogP contribution >= 0.6 is 0 Å². The van der Waals surface area contributed by atoms with E-state index in [-0.39, 0.29) is 0 Å². The van der Waals surface area contributed by atoms with Gasteiger partial charge in [-0.15, -0.1) is 0 Å². The SMILES string of the molecule is CNCC1CCN(C(C)c2cnn(C)c2)C1. The summed E-state index contributed by atoms with van der Waals surface area (Å²) in [7, 11) is 4.01. The molecule has 0 amide bonds. The van der Waals surface area contributed by atoms with E-state index in [9.17, 15) is 0 Å². The molecule has 2 atom stereocenters. The smallest absolute Gasteiger partial charge is 0.0537 e. The molecule has 0 saturated carbocycles. The second-order valence-corrected chi connectivity index (χ2v) is 4.83. The summed E-state index contributed by atoms with van der Waals surface area (Å²) in [6.07, 6.45) is 5.41. The fourth-order valence-corrected chi connectivity index (χ4v) is 2.54. The fourth-order valence-electron chi connectivity index (χ4n) is 2.54. The van der Waals surface area contributed by atoms with Gasteiger partial charge in [-0.2, -0.15) is 5.10 Å². The number of aryl methyl sites for hydroxylation is 1. The minimum absolute atomic E-state index is 0.496. The highest BCUT2D eigenvalue weighted by atomic mass is 15.3. The van der Waals surface area contributed by atoms with E-state index < -0.39 is 0 Å². The van der Waals surface area contributed by atoms with E-state index in [1.54, 1.807) is 0 Å². The maximum Gasteiger partial charge on any atom is 0.0537 e. The van der Waals surface area contributed by atoms with Gasteiger partial charge in [0.15, 0.2) is 0 Å². The molecule has 0 radical (unpaired) electrons. The van der Waals surface area contributed by atoms with Gasteiger partial charge in [0.1, 0.15) is 0 Å². The van der Waals surface area contributed by atoms with Crippen LogP contribution in [0.3, 0.4) is 0 Å². The molecule has 4 nitrogen and oxygen atoms in total. The van der Waals surface area contributed by atoms with Crippen LogP contribution in [0.5, 0.6) is 0 Å². The summed E-state index contributed by atoms with van der Waals surface area (Å²) in [6.45, 7) is 5.83. The predicted octanol–water partition coefficient (Wildman–Crippen LogP) is 1.02. The van der Waals surface area contributed by atoms with Crippen LogP contribution < -0.4 is 5.32 Å². The lowest BCUT2D eigenvalue weighted by molar-refractivity contribution is 0.252. The lowest BCUT2D eigenvalue weighted by atomic mass is 10.1. The van der Waals surface area contributed by atoms with E-state index in [0.29, 0.717) is 6.04 Å². The summed E-state index contributed by atoms with van der Waals surface area (Å²) in [4.78, 5) is 2.55. The van der Waals surface area contributed by atoms with Crippen LogP contribution in [0.25, 0.3) is 0 Å². The van der Waals surface area contributed by atoms with E-state index in [4.69, 9.17) is 0 Å². The minimum Gasteiger partial charge on any atom is -0.319 e. The molecule has 4 heteroatoms. The Hall–Kier alpha value is -0.870. The molecule has 1 aliphatic rings. The molecule has 1 saturated heterocycles. The molecule has 0 aromatic carbocycles. The Labute approximate surface area is 97.6 Å². The van der Waals surface area contributed by atoms with Gasteiger partial charge in [0.2, 0.25) is 0 Å². The number of nitrogens with one attached hydrogen (secondary N) is 1. The molecule has 2 unspecified atom stereocenters. The van der Waals surface area contributed by atoms with Crippen molar-refractivity contribution in [2.24, 2.45) is 13.0 Å². The van der Waals surface area contributed by atoms with Gasteiger partial charge in [-0.3, -0.25) is 9.58 Å². The van der Waals surface area contributed by atoms with Crippen molar-refractivity contribution in [1.29, 1.82) is 0 Å². The molecule has 90 valence electrons. The third-order valence-electron chi connectivity index (χ3n) is 3.57. The molecule has 1 aromatic rings. The Bertz CT molecular complexity index is 334. The van der Waals surface area contributed by atoms with E-state index in [1.165, 1.54) is 25.1 Å². The normalized spacial score (nSPS) is 23.8. The summed E-state index contributed by atoms with van der Waals surface area (Å²) in [5.41, 5.74) is 1.33. The van der Waals surface area contributed by atoms with Gasteiger partial charge in [-0.25, -0.2) is 0 Å². The molecule has 1 N–H and O–H groups in total. The highest BCUT2D eigenvalue weighted by Gasteiger charge is 2.26. The molecule has 16 heavy (non-hydrogen) atoms. The van der Waals surface area contributed by atoms with Crippen molar-refractivity contribution in [1.82, 2.24) is 20.0 Å². The summed E-state index contributed by atoms with van der Waals surface area (Å²) < 4.78 is 1.88. The molecule has 2 heterocycles. The van der Waals surface area contributed by atoms with Crippen molar-refractivity contribution in [3.8, 4) is 0 Å². The van der Waals surface area contributed by atoms with Gasteiger partial charge in [0.05, 0.1) is 6.20 Å². The third-order valence-corrected chi connectivity index (χ3v) is 3.57. The number of aromatic nitrogens is 2. The van der Waals surface area contributed by atoms with Crippen molar-refractivity contribution in [3.63, 3.8) is 0 Å². The topological polar surface area (TPSA) is 33.1 Å². The van der Waals surface area contributed by atoms with Crippen LogP contribution in [-0.2, 0) is 7.05 Å². The lowest BCUT2D eigenvalue weighted by Gasteiger charge is -2.23. The molecule has 0 spiro atoms. The van der Waals surface area contributed by atoms with Crippen molar-refractivity contribution in [2.45, 2.75) is 19.4 Å². The maximum absolute atomic E-state index is 4.24. The number of hydrogen-bond donors (Lipinski definition) is 1. The minimum atomic E-state index is 0.496. The van der Waals surface area contributed by atoms with Crippen molar-refractivity contribution < 1.29 is 0 Å². The zero-order chi connectivity index (χ0) is 11.5. The average molecular weight is 222 g/mol. The number of rotatable bonds is 4. The van der Waals surface area contributed by atoms with Crippen molar-refractivity contribution in [3.05, 3.63) is 18.0 Å². The van der Waals surface area contributed by atoms with Crippen LogP contribution in [0.2, 0.25) is 0 Å². The Morgan fingerprint density at radius 3 is 3.06 bits per heavy atom. The Kier molecular flexibility index (Phi) is 3.61.